The summed E-state index contributed by atoms with van der Waals surface area (Å²) in [6.45, 7) is 1.05. The van der Waals surface area contributed by atoms with Crippen LogP contribution >= 0.6 is 7.75 Å². The van der Waals surface area contributed by atoms with E-state index in [0.717, 1.165) is 25.3 Å². The van der Waals surface area contributed by atoms with E-state index in [1.165, 1.54) is 18.0 Å². The van der Waals surface area contributed by atoms with Crippen molar-refractivity contribution in [2.45, 2.75) is 37.8 Å². The van der Waals surface area contributed by atoms with Crippen molar-refractivity contribution in [1.82, 2.24) is 9.24 Å². The number of piperidine rings is 1. The average Bonchev–Trinajstić information content (AvgIpc) is 3.66. The number of fused-ring (bicyclic) bond motifs is 2. The number of benzene rings is 2. The lowest BCUT2D eigenvalue weighted by Gasteiger charge is -2.37. The monoisotopic (exact) mass is 557 g/mol. The van der Waals surface area contributed by atoms with E-state index >= 15 is 4.39 Å². The Bertz CT molecular complexity index is 1560. The van der Waals surface area contributed by atoms with E-state index in [2.05, 4.69) is 0 Å². The van der Waals surface area contributed by atoms with Crippen LogP contribution < -0.4 is 19.6 Å². The van der Waals surface area contributed by atoms with E-state index in [-0.39, 0.29) is 41.4 Å². The number of rotatable bonds is 7. The zero-order chi connectivity index (χ0) is 27.5. The van der Waals surface area contributed by atoms with Gasteiger partial charge >= 0.3 is 13.7 Å². The maximum atomic E-state index is 15.8. The van der Waals surface area contributed by atoms with Crippen LogP contribution in [0.3, 0.4) is 0 Å². The van der Waals surface area contributed by atoms with Crippen LogP contribution in [-0.4, -0.2) is 58.0 Å². The first-order chi connectivity index (χ1) is 18.7. The molecule has 3 fully saturated rings. The molecule has 39 heavy (non-hydrogen) atoms. The van der Waals surface area contributed by atoms with Crippen molar-refractivity contribution < 1.29 is 33.0 Å². The van der Waals surface area contributed by atoms with Gasteiger partial charge in [0.05, 0.1) is 18.0 Å². The summed E-state index contributed by atoms with van der Waals surface area (Å²) >= 11 is 0. The first-order valence-electron chi connectivity index (χ1n) is 13.0. The second kappa shape index (κ2) is 9.66. The van der Waals surface area contributed by atoms with Gasteiger partial charge in [-0.15, -0.1) is 0 Å². The lowest BCUT2D eigenvalue weighted by molar-refractivity contribution is 0.0694. The van der Waals surface area contributed by atoms with E-state index in [0.29, 0.717) is 30.8 Å². The SMILES string of the molecule is COc1c(N2CC3CCCN(P(=O)(O)Oc4ccccc4)C3C2)c(F)cc2c(=O)c(C(=O)O)cn(C3CC3)c12. The second-order valence-electron chi connectivity index (χ2n) is 10.4. The number of para-hydroxylation sites is 1. The average molecular weight is 558 g/mol. The number of carbonyl (C=O) groups is 1. The van der Waals surface area contributed by atoms with Gasteiger partial charge in [-0.2, -0.15) is 4.67 Å². The first-order valence-corrected chi connectivity index (χ1v) is 14.5. The number of ether oxygens (including phenoxy) is 1. The molecule has 2 aliphatic heterocycles. The molecule has 1 saturated carbocycles. The summed E-state index contributed by atoms with van der Waals surface area (Å²) in [7, 11) is -2.80. The van der Waals surface area contributed by atoms with Gasteiger partial charge in [-0.25, -0.2) is 13.8 Å². The molecule has 0 bridgehead atoms. The topological polar surface area (TPSA) is 122 Å². The lowest BCUT2D eigenvalue weighted by Crippen LogP contribution is -2.43. The summed E-state index contributed by atoms with van der Waals surface area (Å²) in [5.74, 6) is -1.64. The molecular formula is C27H29FN3O7P. The number of aromatic nitrogens is 1. The van der Waals surface area contributed by atoms with Gasteiger partial charge in [-0.05, 0) is 49.8 Å². The van der Waals surface area contributed by atoms with Gasteiger partial charge in [0.25, 0.3) is 0 Å². The van der Waals surface area contributed by atoms with Crippen molar-refractivity contribution in [1.29, 1.82) is 0 Å². The minimum atomic E-state index is -4.20. The largest absolute Gasteiger partial charge is 0.492 e. The number of methoxy groups -OCH3 is 1. The third-order valence-corrected chi connectivity index (χ3v) is 9.53. The van der Waals surface area contributed by atoms with Crippen LogP contribution in [0.5, 0.6) is 11.5 Å². The lowest BCUT2D eigenvalue weighted by atomic mass is 9.94. The molecule has 10 nitrogen and oxygen atoms in total. The van der Waals surface area contributed by atoms with Crippen molar-refractivity contribution in [2.75, 3.05) is 31.6 Å². The summed E-state index contributed by atoms with van der Waals surface area (Å²) in [6, 6.07) is 9.20. The first kappa shape index (κ1) is 25.9. The zero-order valence-electron chi connectivity index (χ0n) is 21.3. The van der Waals surface area contributed by atoms with Crippen LogP contribution in [0.25, 0.3) is 10.9 Å². The highest BCUT2D eigenvalue weighted by atomic mass is 31.2. The summed E-state index contributed by atoms with van der Waals surface area (Å²) in [5, 5.41) is 9.53. The Morgan fingerprint density at radius 2 is 1.90 bits per heavy atom. The van der Waals surface area contributed by atoms with Gasteiger partial charge in [0.15, 0.2) is 11.6 Å². The highest BCUT2D eigenvalue weighted by molar-refractivity contribution is 7.50. The van der Waals surface area contributed by atoms with Crippen molar-refractivity contribution in [2.24, 2.45) is 5.92 Å². The number of halogens is 1. The standard InChI is InChI=1S/C27H29FN3O7P/c1-37-26-23-19(25(32)20(27(33)34)14-30(23)17-9-10-17)12-21(28)24(26)29-13-16-6-5-11-31(22(16)15-29)39(35,36)38-18-7-3-2-4-8-18/h2-4,7-8,12,14,16-17,22H,5-6,9-11,13,15H2,1H3,(H,33,34)(H,35,36). The van der Waals surface area contributed by atoms with E-state index in [9.17, 15) is 24.2 Å². The minimum absolute atomic E-state index is 0.00883. The predicted octanol–water partition coefficient (Wildman–Crippen LogP) is 4.26. The predicted molar refractivity (Wildman–Crippen MR) is 142 cm³/mol. The molecule has 206 valence electrons. The van der Waals surface area contributed by atoms with Crippen molar-refractivity contribution in [3.05, 3.63) is 64.2 Å². The highest BCUT2D eigenvalue weighted by Crippen LogP contribution is 2.53. The molecule has 12 heteroatoms. The van der Waals surface area contributed by atoms with Gasteiger partial charge in [0, 0.05) is 37.9 Å². The number of hydrogen-bond acceptors (Lipinski definition) is 6. The molecule has 3 atom stereocenters. The molecule has 2 N–H and O–H groups in total. The van der Waals surface area contributed by atoms with E-state index in [1.54, 1.807) is 39.8 Å². The van der Waals surface area contributed by atoms with Crippen LogP contribution in [0.4, 0.5) is 10.1 Å². The fourth-order valence-electron chi connectivity index (χ4n) is 6.05. The molecule has 1 aliphatic carbocycles. The molecule has 2 saturated heterocycles. The second-order valence-corrected chi connectivity index (χ2v) is 12.1. The molecule has 3 aromatic rings. The molecule has 3 aliphatic rings. The quantitative estimate of drug-likeness (QED) is 0.411. The third-order valence-electron chi connectivity index (χ3n) is 7.93. The van der Waals surface area contributed by atoms with Crippen LogP contribution in [0.2, 0.25) is 0 Å². The van der Waals surface area contributed by atoms with Crippen LogP contribution in [0.1, 0.15) is 42.1 Å². The summed E-state index contributed by atoms with van der Waals surface area (Å²) < 4.78 is 43.7. The maximum absolute atomic E-state index is 15.8. The number of carboxylic acid groups (broad SMARTS) is 1. The number of anilines is 1. The fraction of sp³-hybridized carbons (Fsp3) is 0.407. The highest BCUT2D eigenvalue weighted by Gasteiger charge is 2.48. The Kier molecular flexibility index (Phi) is 6.40. The maximum Gasteiger partial charge on any atom is 0.459 e. The third kappa shape index (κ3) is 4.48. The van der Waals surface area contributed by atoms with Gasteiger partial charge in [0.1, 0.15) is 17.0 Å². The molecule has 2 aromatic carbocycles. The van der Waals surface area contributed by atoms with Gasteiger partial charge in [-0.1, -0.05) is 18.2 Å². The van der Waals surface area contributed by atoms with Crippen molar-refractivity contribution >= 4 is 30.3 Å². The molecule has 3 unspecified atom stereocenters. The van der Waals surface area contributed by atoms with E-state index in [1.807, 2.05) is 0 Å². The summed E-state index contributed by atoms with van der Waals surface area (Å²) in [4.78, 5) is 37.5. The number of pyridine rings is 1. The zero-order valence-corrected chi connectivity index (χ0v) is 22.2. The Morgan fingerprint density at radius 3 is 2.56 bits per heavy atom. The summed E-state index contributed by atoms with van der Waals surface area (Å²) in [6.07, 6.45) is 4.43. The number of nitrogens with zero attached hydrogens (tertiary/aromatic N) is 3. The van der Waals surface area contributed by atoms with Crippen LogP contribution in [-0.2, 0) is 4.57 Å². The van der Waals surface area contributed by atoms with Gasteiger partial charge in [-0.3, -0.25) is 4.79 Å². The van der Waals surface area contributed by atoms with Crippen molar-refractivity contribution in [3.8, 4) is 11.5 Å². The molecule has 0 radical (unpaired) electrons. The number of aromatic carboxylic acids is 1. The van der Waals surface area contributed by atoms with E-state index in [4.69, 9.17) is 9.26 Å². The van der Waals surface area contributed by atoms with E-state index < -0.39 is 30.5 Å². The number of hydrogen-bond donors (Lipinski definition) is 2. The Morgan fingerprint density at radius 1 is 1.15 bits per heavy atom. The Balaban J connectivity index is 1.40. The van der Waals surface area contributed by atoms with Gasteiger partial charge < -0.3 is 28.7 Å². The summed E-state index contributed by atoms with van der Waals surface area (Å²) in [5.41, 5.74) is -0.659. The fourth-order valence-corrected chi connectivity index (χ4v) is 7.58. The molecule has 0 amide bonds. The van der Waals surface area contributed by atoms with Crippen LogP contribution in [0, 0.1) is 11.7 Å². The number of carboxylic acids is 1. The molecule has 6 rings (SSSR count). The Hall–Kier alpha value is -3.40. The molecule has 3 heterocycles. The van der Waals surface area contributed by atoms with Gasteiger partial charge in [0.2, 0.25) is 5.43 Å². The smallest absolute Gasteiger partial charge is 0.459 e. The Labute approximate surface area is 223 Å². The molecule has 1 aromatic heterocycles. The van der Waals surface area contributed by atoms with Crippen molar-refractivity contribution in [3.63, 3.8) is 0 Å². The molecule has 0 spiro atoms. The molecular weight excluding hydrogens is 528 g/mol. The van der Waals surface area contributed by atoms with Crippen LogP contribution in [0.15, 0.2) is 47.4 Å². The minimum Gasteiger partial charge on any atom is -0.492 e. The normalized spacial score (nSPS) is 22.9.